The third-order valence-electron chi connectivity index (χ3n) is 2.24. The SMILES string of the molecule is CCC(CN)n1ccc(C)cc1=O. The summed E-state index contributed by atoms with van der Waals surface area (Å²) in [5.41, 5.74) is 6.60. The van der Waals surface area contributed by atoms with Gasteiger partial charge in [0.05, 0.1) is 0 Å². The van der Waals surface area contributed by atoms with Crippen LogP contribution in [0.2, 0.25) is 0 Å². The highest BCUT2D eigenvalue weighted by molar-refractivity contribution is 5.08. The fourth-order valence-electron chi connectivity index (χ4n) is 1.37. The van der Waals surface area contributed by atoms with Gasteiger partial charge in [-0.2, -0.15) is 0 Å². The van der Waals surface area contributed by atoms with Crippen LogP contribution in [0.15, 0.2) is 23.1 Å². The smallest absolute Gasteiger partial charge is 0.251 e. The van der Waals surface area contributed by atoms with E-state index < -0.39 is 0 Å². The van der Waals surface area contributed by atoms with Gasteiger partial charge in [-0.25, -0.2) is 0 Å². The summed E-state index contributed by atoms with van der Waals surface area (Å²) >= 11 is 0. The van der Waals surface area contributed by atoms with Gasteiger partial charge in [0, 0.05) is 24.8 Å². The molecule has 1 unspecified atom stereocenters. The summed E-state index contributed by atoms with van der Waals surface area (Å²) in [5, 5.41) is 0. The second-order valence-corrected chi connectivity index (χ2v) is 3.25. The summed E-state index contributed by atoms with van der Waals surface area (Å²) in [6, 6.07) is 3.70. The van der Waals surface area contributed by atoms with Crippen LogP contribution in [0.1, 0.15) is 24.9 Å². The molecular formula is C10H16N2O. The Labute approximate surface area is 78.2 Å². The quantitative estimate of drug-likeness (QED) is 0.756. The predicted octanol–water partition coefficient (Wildman–Crippen LogP) is 1.07. The van der Waals surface area contributed by atoms with Crippen molar-refractivity contribution in [2.45, 2.75) is 26.3 Å². The van der Waals surface area contributed by atoms with Crippen LogP contribution in [0.3, 0.4) is 0 Å². The molecule has 1 aromatic heterocycles. The monoisotopic (exact) mass is 180 g/mol. The van der Waals surface area contributed by atoms with Crippen LogP contribution < -0.4 is 11.3 Å². The maximum Gasteiger partial charge on any atom is 0.251 e. The number of rotatable bonds is 3. The van der Waals surface area contributed by atoms with E-state index in [4.69, 9.17) is 5.73 Å². The lowest BCUT2D eigenvalue weighted by Crippen LogP contribution is -2.28. The van der Waals surface area contributed by atoms with E-state index in [-0.39, 0.29) is 11.6 Å². The van der Waals surface area contributed by atoms with Crippen molar-refractivity contribution in [1.29, 1.82) is 0 Å². The molecule has 0 aliphatic rings. The van der Waals surface area contributed by atoms with Crippen LogP contribution in [0.4, 0.5) is 0 Å². The van der Waals surface area contributed by atoms with Gasteiger partial charge in [-0.1, -0.05) is 6.92 Å². The zero-order chi connectivity index (χ0) is 9.84. The number of hydrogen-bond donors (Lipinski definition) is 1. The van der Waals surface area contributed by atoms with Crippen molar-refractivity contribution in [1.82, 2.24) is 4.57 Å². The molecule has 13 heavy (non-hydrogen) atoms. The number of aromatic nitrogens is 1. The van der Waals surface area contributed by atoms with Gasteiger partial charge in [0.1, 0.15) is 0 Å². The van der Waals surface area contributed by atoms with Crippen LogP contribution in [-0.2, 0) is 0 Å². The Kier molecular flexibility index (Phi) is 3.25. The molecule has 3 heteroatoms. The molecule has 72 valence electrons. The Bertz CT molecular complexity index is 326. The number of nitrogens with two attached hydrogens (primary N) is 1. The lowest BCUT2D eigenvalue weighted by Gasteiger charge is -2.15. The van der Waals surface area contributed by atoms with E-state index in [1.807, 2.05) is 26.1 Å². The lowest BCUT2D eigenvalue weighted by atomic mass is 10.2. The van der Waals surface area contributed by atoms with Gasteiger partial charge in [-0.3, -0.25) is 4.79 Å². The maximum absolute atomic E-state index is 11.5. The second kappa shape index (κ2) is 4.23. The molecule has 0 amide bonds. The van der Waals surface area contributed by atoms with Crippen molar-refractivity contribution >= 4 is 0 Å². The van der Waals surface area contributed by atoms with E-state index in [2.05, 4.69) is 0 Å². The summed E-state index contributed by atoms with van der Waals surface area (Å²) in [7, 11) is 0. The molecule has 0 saturated carbocycles. The maximum atomic E-state index is 11.5. The molecule has 1 atom stereocenters. The summed E-state index contributed by atoms with van der Waals surface area (Å²) < 4.78 is 1.70. The van der Waals surface area contributed by atoms with Gasteiger partial charge >= 0.3 is 0 Å². The molecule has 0 fully saturated rings. The van der Waals surface area contributed by atoms with Gasteiger partial charge in [-0.15, -0.1) is 0 Å². The zero-order valence-corrected chi connectivity index (χ0v) is 8.16. The molecule has 1 rings (SSSR count). The first-order chi connectivity index (χ1) is 6.19. The number of nitrogens with zero attached hydrogens (tertiary/aromatic N) is 1. The van der Waals surface area contributed by atoms with Gasteiger partial charge in [0.15, 0.2) is 0 Å². The minimum Gasteiger partial charge on any atom is -0.328 e. The zero-order valence-electron chi connectivity index (χ0n) is 8.16. The van der Waals surface area contributed by atoms with Crippen molar-refractivity contribution in [2.75, 3.05) is 6.54 Å². The summed E-state index contributed by atoms with van der Waals surface area (Å²) in [5.74, 6) is 0. The minimum absolute atomic E-state index is 0.0392. The van der Waals surface area contributed by atoms with Crippen LogP contribution >= 0.6 is 0 Å². The van der Waals surface area contributed by atoms with Crippen molar-refractivity contribution in [3.8, 4) is 0 Å². The molecule has 0 aromatic carbocycles. The van der Waals surface area contributed by atoms with Gasteiger partial charge in [0.2, 0.25) is 0 Å². The fourth-order valence-corrected chi connectivity index (χ4v) is 1.37. The van der Waals surface area contributed by atoms with Crippen LogP contribution in [0, 0.1) is 6.92 Å². The standard InChI is InChI=1S/C10H16N2O/c1-3-9(7-11)12-5-4-8(2)6-10(12)13/h4-6,9H,3,7,11H2,1-2H3. The van der Waals surface area contributed by atoms with Gasteiger partial charge in [0.25, 0.3) is 5.56 Å². The van der Waals surface area contributed by atoms with E-state index in [0.29, 0.717) is 6.54 Å². The first-order valence-corrected chi connectivity index (χ1v) is 4.58. The lowest BCUT2D eigenvalue weighted by molar-refractivity contribution is 0.481. The summed E-state index contributed by atoms with van der Waals surface area (Å²) in [6.45, 7) is 4.46. The summed E-state index contributed by atoms with van der Waals surface area (Å²) in [6.07, 6.45) is 2.71. The number of aryl methyl sites for hydroxylation is 1. The summed E-state index contributed by atoms with van der Waals surface area (Å²) in [4.78, 5) is 11.5. The molecule has 3 nitrogen and oxygen atoms in total. The van der Waals surface area contributed by atoms with Crippen molar-refractivity contribution in [3.05, 3.63) is 34.2 Å². The molecule has 2 N–H and O–H groups in total. The fraction of sp³-hybridized carbons (Fsp3) is 0.500. The Morgan fingerprint density at radius 2 is 2.31 bits per heavy atom. The first kappa shape index (κ1) is 9.99. The molecule has 0 aliphatic carbocycles. The Hall–Kier alpha value is -1.09. The minimum atomic E-state index is 0.0392. The third kappa shape index (κ3) is 2.18. The van der Waals surface area contributed by atoms with E-state index in [0.717, 1.165) is 12.0 Å². The average Bonchev–Trinajstić information content (AvgIpc) is 2.10. The average molecular weight is 180 g/mol. The predicted molar refractivity (Wildman–Crippen MR) is 53.8 cm³/mol. The van der Waals surface area contributed by atoms with E-state index >= 15 is 0 Å². The van der Waals surface area contributed by atoms with Crippen molar-refractivity contribution in [2.24, 2.45) is 5.73 Å². The Balaban J connectivity index is 3.07. The molecular weight excluding hydrogens is 164 g/mol. The Morgan fingerprint density at radius 3 is 2.77 bits per heavy atom. The molecule has 0 aliphatic heterocycles. The van der Waals surface area contributed by atoms with Crippen molar-refractivity contribution < 1.29 is 0 Å². The molecule has 1 heterocycles. The topological polar surface area (TPSA) is 48.0 Å². The van der Waals surface area contributed by atoms with Gasteiger partial charge < -0.3 is 10.3 Å². The highest BCUT2D eigenvalue weighted by Gasteiger charge is 2.06. The molecule has 0 bridgehead atoms. The molecule has 1 aromatic rings. The largest absolute Gasteiger partial charge is 0.328 e. The van der Waals surface area contributed by atoms with E-state index in [1.54, 1.807) is 10.6 Å². The molecule has 0 radical (unpaired) electrons. The van der Waals surface area contributed by atoms with Gasteiger partial charge in [-0.05, 0) is 25.0 Å². The highest BCUT2D eigenvalue weighted by atomic mass is 16.1. The van der Waals surface area contributed by atoms with Crippen LogP contribution in [-0.4, -0.2) is 11.1 Å². The number of hydrogen-bond acceptors (Lipinski definition) is 2. The first-order valence-electron chi connectivity index (χ1n) is 4.58. The number of pyridine rings is 1. The molecule has 0 saturated heterocycles. The second-order valence-electron chi connectivity index (χ2n) is 3.25. The van der Waals surface area contributed by atoms with Crippen LogP contribution in [0.25, 0.3) is 0 Å². The normalized spacial score (nSPS) is 12.8. The highest BCUT2D eigenvalue weighted by Crippen LogP contribution is 2.05. The van der Waals surface area contributed by atoms with E-state index in [9.17, 15) is 4.79 Å². The Morgan fingerprint density at radius 1 is 1.62 bits per heavy atom. The molecule has 0 spiro atoms. The van der Waals surface area contributed by atoms with Crippen molar-refractivity contribution in [3.63, 3.8) is 0 Å². The third-order valence-corrected chi connectivity index (χ3v) is 2.24. The van der Waals surface area contributed by atoms with E-state index in [1.165, 1.54) is 0 Å². The van der Waals surface area contributed by atoms with Crippen LogP contribution in [0.5, 0.6) is 0 Å².